The van der Waals surface area contributed by atoms with Crippen LogP contribution in [-0.2, 0) is 0 Å². The molecule has 0 spiro atoms. The predicted octanol–water partition coefficient (Wildman–Crippen LogP) is 10.2. The van der Waals surface area contributed by atoms with Gasteiger partial charge in [-0.05, 0) is 72.8 Å². The highest BCUT2D eigenvalue weighted by atomic mass is 16.3. The minimum Gasteiger partial charge on any atom is -0.442 e. The molecule has 0 aliphatic heterocycles. The molecule has 9 rings (SSSR count). The number of oxazole rings is 2. The highest BCUT2D eigenvalue weighted by molar-refractivity contribution is 6.22. The molecule has 0 fully saturated rings. The van der Waals surface area contributed by atoms with E-state index in [2.05, 4.69) is 107 Å². The third-order valence-corrected chi connectivity index (χ3v) is 8.60. The van der Waals surface area contributed by atoms with Crippen LogP contribution in [-0.4, -0.2) is 19.9 Å². The number of hydrogen-bond donors (Lipinski definition) is 0. The maximum Gasteiger partial charge on any atom is 0.181 e. The third kappa shape index (κ3) is 4.27. The van der Waals surface area contributed by atoms with Crippen molar-refractivity contribution in [1.82, 2.24) is 19.9 Å². The summed E-state index contributed by atoms with van der Waals surface area (Å²) in [7, 11) is 0. The number of pyridine rings is 2. The van der Waals surface area contributed by atoms with E-state index < -0.39 is 0 Å². The second kappa shape index (κ2) is 10.6. The summed E-state index contributed by atoms with van der Waals surface area (Å²) in [6.07, 6.45) is 10.1. The number of hydrogen-bond acceptors (Lipinski definition) is 6. The normalized spacial score (nSPS) is 11.5. The van der Waals surface area contributed by atoms with Crippen molar-refractivity contribution in [1.29, 1.82) is 0 Å². The van der Waals surface area contributed by atoms with Crippen molar-refractivity contribution < 1.29 is 8.83 Å². The van der Waals surface area contributed by atoms with Crippen LogP contribution in [0.2, 0.25) is 0 Å². The Balaban J connectivity index is 1.33. The lowest BCUT2D eigenvalue weighted by atomic mass is 9.85. The zero-order valence-corrected chi connectivity index (χ0v) is 24.5. The van der Waals surface area contributed by atoms with Crippen molar-refractivity contribution in [2.24, 2.45) is 0 Å². The van der Waals surface area contributed by atoms with E-state index in [4.69, 9.17) is 18.8 Å². The van der Waals surface area contributed by atoms with Gasteiger partial charge >= 0.3 is 0 Å². The van der Waals surface area contributed by atoms with Crippen molar-refractivity contribution in [2.45, 2.75) is 0 Å². The van der Waals surface area contributed by atoms with Gasteiger partial charge in [0.2, 0.25) is 0 Å². The molecule has 4 aromatic heterocycles. The van der Waals surface area contributed by atoms with Crippen LogP contribution < -0.4 is 0 Å². The lowest BCUT2D eigenvalue weighted by molar-refractivity contribution is 0.569. The van der Waals surface area contributed by atoms with Crippen LogP contribution in [0.25, 0.3) is 88.6 Å². The molecule has 4 heterocycles. The van der Waals surface area contributed by atoms with Crippen molar-refractivity contribution in [2.75, 3.05) is 0 Å². The van der Waals surface area contributed by atoms with Crippen molar-refractivity contribution >= 4 is 32.3 Å². The molecule has 0 saturated carbocycles. The van der Waals surface area contributed by atoms with E-state index in [1.165, 1.54) is 29.1 Å². The summed E-state index contributed by atoms with van der Waals surface area (Å²) in [5.41, 5.74) is 8.11. The molecule has 0 radical (unpaired) electrons. The van der Waals surface area contributed by atoms with E-state index in [0.717, 1.165) is 60.8 Å². The number of nitrogens with zero attached hydrogens (tertiary/aromatic N) is 4. The van der Waals surface area contributed by atoms with Crippen molar-refractivity contribution in [3.8, 4) is 56.3 Å². The summed E-state index contributed by atoms with van der Waals surface area (Å²) in [5.74, 6) is 1.27. The van der Waals surface area contributed by atoms with E-state index in [9.17, 15) is 0 Å². The average molecular weight is 593 g/mol. The highest BCUT2D eigenvalue weighted by Gasteiger charge is 2.19. The molecule has 0 saturated heterocycles. The van der Waals surface area contributed by atoms with Gasteiger partial charge in [0.15, 0.2) is 24.3 Å². The number of benzene rings is 5. The van der Waals surface area contributed by atoms with Gasteiger partial charge in [0, 0.05) is 23.5 Å². The summed E-state index contributed by atoms with van der Waals surface area (Å²) >= 11 is 0. The molecule has 6 nitrogen and oxygen atoms in total. The SMILES string of the molecule is c1ccc2c(-c3ccc4c(-c5ccc(-c6cnco6)nc5)c5ccccc5c(-c5ccc(-c6cnco6)nc5)c4c3)cccc2c1. The minimum atomic E-state index is 0.635. The lowest BCUT2D eigenvalue weighted by Crippen LogP contribution is -1.93. The fourth-order valence-electron chi connectivity index (χ4n) is 6.50. The first-order valence-electron chi connectivity index (χ1n) is 15.0. The zero-order valence-electron chi connectivity index (χ0n) is 24.5. The van der Waals surface area contributed by atoms with Crippen molar-refractivity contribution in [3.63, 3.8) is 0 Å². The van der Waals surface area contributed by atoms with Gasteiger partial charge in [-0.2, -0.15) is 0 Å². The van der Waals surface area contributed by atoms with Crippen LogP contribution in [0.3, 0.4) is 0 Å². The zero-order chi connectivity index (χ0) is 30.5. The highest BCUT2D eigenvalue weighted by Crippen LogP contribution is 2.45. The van der Waals surface area contributed by atoms with Gasteiger partial charge in [0.05, 0.1) is 12.4 Å². The lowest BCUT2D eigenvalue weighted by Gasteiger charge is -2.19. The van der Waals surface area contributed by atoms with Gasteiger partial charge in [0.25, 0.3) is 0 Å². The maximum absolute atomic E-state index is 5.51. The molecule has 0 unspecified atom stereocenters. The van der Waals surface area contributed by atoms with E-state index in [-0.39, 0.29) is 0 Å². The Morgan fingerprint density at radius 2 is 0.957 bits per heavy atom. The van der Waals surface area contributed by atoms with Crippen LogP contribution >= 0.6 is 0 Å². The van der Waals surface area contributed by atoms with Crippen LogP contribution in [0.4, 0.5) is 0 Å². The second-order valence-electron chi connectivity index (χ2n) is 11.2. The molecule has 0 N–H and O–H groups in total. The minimum absolute atomic E-state index is 0.635. The summed E-state index contributed by atoms with van der Waals surface area (Å²) in [4.78, 5) is 17.7. The molecule has 5 aromatic carbocycles. The molecule has 46 heavy (non-hydrogen) atoms. The molecular weight excluding hydrogens is 568 g/mol. The summed E-state index contributed by atoms with van der Waals surface area (Å²) in [5, 5.41) is 6.96. The molecular formula is C40H24N4O2. The van der Waals surface area contributed by atoms with E-state index >= 15 is 0 Å². The fraction of sp³-hybridized carbons (Fsp3) is 0. The first kappa shape index (κ1) is 26.0. The van der Waals surface area contributed by atoms with Gasteiger partial charge in [0.1, 0.15) is 11.4 Å². The van der Waals surface area contributed by atoms with Crippen LogP contribution in [0.5, 0.6) is 0 Å². The van der Waals surface area contributed by atoms with Gasteiger partial charge in [-0.1, -0.05) is 91.0 Å². The number of aromatic nitrogens is 4. The molecule has 0 atom stereocenters. The van der Waals surface area contributed by atoms with Crippen LogP contribution in [0, 0.1) is 0 Å². The largest absolute Gasteiger partial charge is 0.442 e. The Bertz CT molecular complexity index is 2500. The molecule has 216 valence electrons. The maximum atomic E-state index is 5.51. The van der Waals surface area contributed by atoms with Crippen molar-refractivity contribution in [3.05, 3.63) is 147 Å². The first-order valence-corrected chi connectivity index (χ1v) is 15.0. The Labute approximate surface area is 263 Å². The molecule has 0 aliphatic rings. The Morgan fingerprint density at radius 1 is 0.413 bits per heavy atom. The molecule has 0 bridgehead atoms. The van der Waals surface area contributed by atoms with Crippen LogP contribution in [0.15, 0.2) is 156 Å². The number of rotatable bonds is 5. The predicted molar refractivity (Wildman–Crippen MR) is 182 cm³/mol. The molecule has 9 aromatic rings. The van der Waals surface area contributed by atoms with E-state index in [0.29, 0.717) is 11.5 Å². The molecule has 0 amide bonds. The third-order valence-electron chi connectivity index (χ3n) is 8.60. The van der Waals surface area contributed by atoms with Gasteiger partial charge in [-0.3, -0.25) is 9.97 Å². The fourth-order valence-corrected chi connectivity index (χ4v) is 6.50. The number of fused-ring (bicyclic) bond motifs is 3. The second-order valence-corrected chi connectivity index (χ2v) is 11.2. The van der Waals surface area contributed by atoms with E-state index in [1.807, 2.05) is 24.5 Å². The van der Waals surface area contributed by atoms with Gasteiger partial charge in [-0.15, -0.1) is 0 Å². The Morgan fingerprint density at radius 3 is 1.54 bits per heavy atom. The Kier molecular flexibility index (Phi) is 6.03. The molecule has 6 heteroatoms. The smallest absolute Gasteiger partial charge is 0.181 e. The van der Waals surface area contributed by atoms with Crippen LogP contribution in [0.1, 0.15) is 0 Å². The van der Waals surface area contributed by atoms with Gasteiger partial charge in [-0.25, -0.2) is 9.97 Å². The standard InChI is InChI=1S/C40H24N4O2/c1-2-8-29-25(6-1)7-5-11-30(29)26-12-15-33-34(18-26)40(28-14-17-36(44-20-28)38-22-42-24-46-38)32-10-4-3-9-31(32)39(33)27-13-16-35(43-19-27)37-21-41-23-45-37/h1-24H. The summed E-state index contributed by atoms with van der Waals surface area (Å²) in [6.45, 7) is 0. The Hall–Kier alpha value is -6.40. The van der Waals surface area contributed by atoms with Gasteiger partial charge < -0.3 is 8.83 Å². The monoisotopic (exact) mass is 592 g/mol. The summed E-state index contributed by atoms with van der Waals surface area (Å²) < 4.78 is 11.0. The average Bonchev–Trinajstić information content (AvgIpc) is 3.87. The molecule has 0 aliphatic carbocycles. The topological polar surface area (TPSA) is 77.8 Å². The quantitative estimate of drug-likeness (QED) is 0.185. The first-order chi connectivity index (χ1) is 22.8. The summed E-state index contributed by atoms with van der Waals surface area (Å²) in [6, 6.07) is 38.6. The van der Waals surface area contributed by atoms with E-state index in [1.54, 1.807) is 12.4 Å².